The number of urea groups is 1. The molecule has 9 nitrogen and oxygen atoms in total. The van der Waals surface area contributed by atoms with Gasteiger partial charge in [-0.1, -0.05) is 30.3 Å². The average Bonchev–Trinajstić information content (AvgIpc) is 2.80. The van der Waals surface area contributed by atoms with E-state index in [0.717, 1.165) is 11.6 Å². The number of carbonyl (C=O) groups is 3. The molecular weight excluding hydrogens is 404 g/mol. The van der Waals surface area contributed by atoms with Gasteiger partial charge in [0.25, 0.3) is 5.91 Å². The molecule has 0 heterocycles. The van der Waals surface area contributed by atoms with E-state index in [0.29, 0.717) is 22.8 Å². The second kappa shape index (κ2) is 11.9. The molecule has 0 saturated carbocycles. The van der Waals surface area contributed by atoms with E-state index in [-0.39, 0.29) is 6.54 Å². The summed E-state index contributed by atoms with van der Waals surface area (Å²) >= 11 is 0. The maximum absolute atomic E-state index is 11.9. The third-order valence-electron chi connectivity index (χ3n) is 4.03. The van der Waals surface area contributed by atoms with E-state index in [1.807, 2.05) is 30.3 Å². The van der Waals surface area contributed by atoms with Gasteiger partial charge in [0.15, 0.2) is 18.1 Å². The van der Waals surface area contributed by atoms with Crippen molar-refractivity contribution in [2.24, 2.45) is 0 Å². The predicted octanol–water partition coefficient (Wildman–Crippen LogP) is 2.29. The number of ether oxygens (including phenoxy) is 4. The van der Waals surface area contributed by atoms with Crippen LogP contribution in [0.1, 0.15) is 11.1 Å². The second-order valence-corrected chi connectivity index (χ2v) is 6.11. The molecule has 2 N–H and O–H groups in total. The molecule has 164 valence electrons. The zero-order valence-corrected chi connectivity index (χ0v) is 17.5. The topological polar surface area (TPSA) is 112 Å². The first-order valence-electron chi connectivity index (χ1n) is 9.23. The highest BCUT2D eigenvalue weighted by Gasteiger charge is 2.12. The number of amides is 3. The Bertz CT molecular complexity index is 942. The number of methoxy groups -OCH3 is 3. The summed E-state index contributed by atoms with van der Waals surface area (Å²) in [6, 6.07) is 11.8. The zero-order chi connectivity index (χ0) is 22.6. The number of hydrogen-bond donors (Lipinski definition) is 2. The summed E-state index contributed by atoms with van der Waals surface area (Å²) in [4.78, 5) is 35.4. The summed E-state index contributed by atoms with van der Waals surface area (Å²) in [6.45, 7) is -0.347. The Balaban J connectivity index is 1.83. The fraction of sp³-hybridized carbons (Fsp3) is 0.227. The zero-order valence-electron chi connectivity index (χ0n) is 17.5. The van der Waals surface area contributed by atoms with E-state index >= 15 is 0 Å². The van der Waals surface area contributed by atoms with Crippen molar-refractivity contribution < 1.29 is 33.3 Å². The van der Waals surface area contributed by atoms with Crippen LogP contribution in [0.3, 0.4) is 0 Å². The SMILES string of the molecule is COc1cc(OC)c(OC)cc1/C=C/C(=O)OCC(=O)NC(=O)NCc1ccccc1. The minimum Gasteiger partial charge on any atom is -0.496 e. The van der Waals surface area contributed by atoms with Gasteiger partial charge in [-0.3, -0.25) is 10.1 Å². The second-order valence-electron chi connectivity index (χ2n) is 6.11. The molecule has 0 unspecified atom stereocenters. The summed E-state index contributed by atoms with van der Waals surface area (Å²) in [6.07, 6.45) is 2.58. The Kier molecular flexibility index (Phi) is 8.90. The lowest BCUT2D eigenvalue weighted by atomic mass is 10.1. The molecule has 9 heteroatoms. The maximum Gasteiger partial charge on any atom is 0.331 e. The van der Waals surface area contributed by atoms with E-state index in [1.54, 1.807) is 12.1 Å². The van der Waals surface area contributed by atoms with E-state index in [9.17, 15) is 14.4 Å². The van der Waals surface area contributed by atoms with Gasteiger partial charge in [0, 0.05) is 24.3 Å². The Morgan fingerprint density at radius 2 is 1.55 bits per heavy atom. The van der Waals surface area contributed by atoms with Crippen molar-refractivity contribution in [1.82, 2.24) is 10.6 Å². The molecule has 2 rings (SSSR count). The third-order valence-corrected chi connectivity index (χ3v) is 4.03. The number of benzene rings is 2. The van der Waals surface area contributed by atoms with Crippen molar-refractivity contribution in [3.63, 3.8) is 0 Å². The molecule has 0 saturated heterocycles. The van der Waals surface area contributed by atoms with Gasteiger partial charge in [-0.15, -0.1) is 0 Å². The van der Waals surface area contributed by atoms with Gasteiger partial charge in [-0.2, -0.15) is 0 Å². The summed E-state index contributed by atoms with van der Waals surface area (Å²) in [5.74, 6) is -0.138. The van der Waals surface area contributed by atoms with Gasteiger partial charge < -0.3 is 24.3 Å². The molecule has 31 heavy (non-hydrogen) atoms. The summed E-state index contributed by atoms with van der Waals surface area (Å²) in [5.41, 5.74) is 1.43. The van der Waals surface area contributed by atoms with Crippen LogP contribution in [0, 0.1) is 0 Å². The average molecular weight is 428 g/mol. The fourth-order valence-corrected chi connectivity index (χ4v) is 2.51. The van der Waals surface area contributed by atoms with Crippen molar-refractivity contribution >= 4 is 24.0 Å². The Labute approximate surface area is 179 Å². The minimum absolute atomic E-state index is 0.260. The van der Waals surface area contributed by atoms with Crippen molar-refractivity contribution in [3.8, 4) is 17.2 Å². The molecule has 0 aliphatic carbocycles. The van der Waals surface area contributed by atoms with Gasteiger partial charge in [0.2, 0.25) is 0 Å². The Hall–Kier alpha value is -4.01. The number of nitrogens with one attached hydrogen (secondary N) is 2. The van der Waals surface area contributed by atoms with Crippen LogP contribution in [-0.4, -0.2) is 45.8 Å². The lowest BCUT2D eigenvalue weighted by molar-refractivity contribution is -0.143. The number of carbonyl (C=O) groups excluding carboxylic acids is 3. The van der Waals surface area contributed by atoms with Crippen molar-refractivity contribution in [2.45, 2.75) is 6.54 Å². The molecule has 0 bridgehead atoms. The Morgan fingerprint density at radius 3 is 2.19 bits per heavy atom. The molecule has 0 fully saturated rings. The molecule has 0 atom stereocenters. The third kappa shape index (κ3) is 7.39. The largest absolute Gasteiger partial charge is 0.496 e. The monoisotopic (exact) mass is 428 g/mol. The molecule has 0 aliphatic heterocycles. The van der Waals surface area contributed by atoms with Gasteiger partial charge in [-0.25, -0.2) is 9.59 Å². The van der Waals surface area contributed by atoms with Crippen LogP contribution in [-0.2, 0) is 20.9 Å². The van der Waals surface area contributed by atoms with E-state index in [1.165, 1.54) is 27.4 Å². The smallest absolute Gasteiger partial charge is 0.331 e. The lowest BCUT2D eigenvalue weighted by Gasteiger charge is -2.12. The van der Waals surface area contributed by atoms with E-state index in [4.69, 9.17) is 18.9 Å². The van der Waals surface area contributed by atoms with E-state index < -0.39 is 24.5 Å². The van der Waals surface area contributed by atoms with E-state index in [2.05, 4.69) is 10.6 Å². The number of rotatable bonds is 9. The molecule has 0 radical (unpaired) electrons. The number of imide groups is 1. The molecule has 3 amide bonds. The van der Waals surface area contributed by atoms with Gasteiger partial charge >= 0.3 is 12.0 Å². The van der Waals surface area contributed by atoms with Crippen molar-refractivity contribution in [2.75, 3.05) is 27.9 Å². The summed E-state index contributed by atoms with van der Waals surface area (Å²) in [7, 11) is 4.46. The van der Waals surface area contributed by atoms with Crippen LogP contribution in [0.25, 0.3) is 6.08 Å². The van der Waals surface area contributed by atoms with Crippen LogP contribution in [0.15, 0.2) is 48.5 Å². The lowest BCUT2D eigenvalue weighted by Crippen LogP contribution is -2.41. The first-order chi connectivity index (χ1) is 15.0. The number of esters is 1. The molecule has 0 aromatic heterocycles. The van der Waals surface area contributed by atoms with Crippen molar-refractivity contribution in [1.29, 1.82) is 0 Å². The first kappa shape index (κ1) is 23.3. The van der Waals surface area contributed by atoms with Crippen LogP contribution < -0.4 is 24.8 Å². The summed E-state index contributed by atoms with van der Waals surface area (Å²) in [5, 5.41) is 4.62. The quantitative estimate of drug-likeness (QED) is 0.465. The fourth-order valence-electron chi connectivity index (χ4n) is 2.51. The standard InChI is InChI=1S/C22H24N2O7/c1-28-17-12-19(30-3)18(29-2)11-16(17)9-10-21(26)31-14-20(25)24-22(27)23-13-15-7-5-4-6-8-15/h4-12H,13-14H2,1-3H3,(H2,23,24,25,27)/b10-9+. The Morgan fingerprint density at radius 1 is 0.903 bits per heavy atom. The molecule has 0 spiro atoms. The van der Waals surface area contributed by atoms with Gasteiger partial charge in [-0.05, 0) is 17.7 Å². The normalized spacial score (nSPS) is 10.3. The highest BCUT2D eigenvalue weighted by Crippen LogP contribution is 2.35. The van der Waals surface area contributed by atoms with Crippen LogP contribution in [0.5, 0.6) is 17.2 Å². The molecule has 2 aromatic rings. The van der Waals surface area contributed by atoms with Crippen LogP contribution in [0.2, 0.25) is 0 Å². The first-order valence-corrected chi connectivity index (χ1v) is 9.23. The number of hydrogen-bond acceptors (Lipinski definition) is 7. The molecule has 2 aromatic carbocycles. The van der Waals surface area contributed by atoms with Crippen LogP contribution >= 0.6 is 0 Å². The predicted molar refractivity (Wildman–Crippen MR) is 113 cm³/mol. The van der Waals surface area contributed by atoms with Crippen molar-refractivity contribution in [3.05, 3.63) is 59.7 Å². The summed E-state index contributed by atoms with van der Waals surface area (Å²) < 4.78 is 20.5. The molecular formula is C22H24N2O7. The highest BCUT2D eigenvalue weighted by molar-refractivity contribution is 5.96. The molecule has 0 aliphatic rings. The van der Waals surface area contributed by atoms with Crippen LogP contribution in [0.4, 0.5) is 4.79 Å². The van der Waals surface area contributed by atoms with Gasteiger partial charge in [0.05, 0.1) is 21.3 Å². The maximum atomic E-state index is 11.9. The van der Waals surface area contributed by atoms with Gasteiger partial charge in [0.1, 0.15) is 5.75 Å². The minimum atomic E-state index is -0.767. The highest BCUT2D eigenvalue weighted by atomic mass is 16.5.